The zero-order valence-electron chi connectivity index (χ0n) is 10.5. The van der Waals surface area contributed by atoms with E-state index in [-0.39, 0.29) is 5.57 Å². The minimum atomic E-state index is -4.60. The van der Waals surface area contributed by atoms with E-state index in [0.29, 0.717) is 11.3 Å². The van der Waals surface area contributed by atoms with E-state index in [1.165, 1.54) is 19.4 Å². The van der Waals surface area contributed by atoms with E-state index >= 15 is 0 Å². The number of methoxy groups -OCH3 is 1. The van der Waals surface area contributed by atoms with Gasteiger partial charge in [-0.1, -0.05) is 29.8 Å². The smallest absolute Gasteiger partial charge is 0.296 e. The first-order valence-electron chi connectivity index (χ1n) is 5.55. The van der Waals surface area contributed by atoms with Crippen LogP contribution < -0.4 is 15.8 Å². The lowest BCUT2D eigenvalue weighted by Crippen LogP contribution is -2.51. The van der Waals surface area contributed by atoms with Crippen LogP contribution in [0.25, 0.3) is 5.57 Å². The Balaban J connectivity index is 2.80. The first-order valence-corrected chi connectivity index (χ1v) is 7.37. The number of dihydropyridines is 1. The number of hydrogen-bond acceptors (Lipinski definition) is 5. The molecule has 2 rings (SSSR count). The summed E-state index contributed by atoms with van der Waals surface area (Å²) in [6, 6.07) is 6.74. The first-order chi connectivity index (χ1) is 9.27. The van der Waals surface area contributed by atoms with E-state index in [1.807, 2.05) is 0 Å². The Bertz CT molecular complexity index is 695. The number of allylic oxidation sites excluding steroid dienone is 2. The minimum absolute atomic E-state index is 0.168. The van der Waals surface area contributed by atoms with Gasteiger partial charge in [-0.25, -0.2) is 0 Å². The zero-order valence-corrected chi connectivity index (χ0v) is 12.1. The second-order valence-corrected chi connectivity index (χ2v) is 6.06. The van der Waals surface area contributed by atoms with Crippen molar-refractivity contribution in [2.45, 2.75) is 5.12 Å². The monoisotopic (exact) mass is 316 g/mol. The fraction of sp³-hybridized carbons (Fsp3) is 0.167. The van der Waals surface area contributed by atoms with Crippen LogP contribution in [0.5, 0.6) is 5.75 Å². The number of hydrogen-bond donors (Lipinski definition) is 3. The maximum absolute atomic E-state index is 11.6. The molecule has 20 heavy (non-hydrogen) atoms. The van der Waals surface area contributed by atoms with Gasteiger partial charge in [0.25, 0.3) is 10.1 Å². The van der Waals surface area contributed by atoms with Crippen molar-refractivity contribution >= 4 is 27.3 Å². The molecule has 0 spiro atoms. The lowest BCUT2D eigenvalue weighted by atomic mass is 10.0. The van der Waals surface area contributed by atoms with E-state index in [2.05, 4.69) is 5.32 Å². The Labute approximate surface area is 121 Å². The highest BCUT2D eigenvalue weighted by molar-refractivity contribution is 7.90. The van der Waals surface area contributed by atoms with Gasteiger partial charge in [-0.2, -0.15) is 8.42 Å². The molecule has 1 aromatic carbocycles. The summed E-state index contributed by atoms with van der Waals surface area (Å²) in [7, 11) is -3.15. The molecule has 0 saturated heterocycles. The molecular formula is C12H13ClN2O4S. The lowest BCUT2D eigenvalue weighted by Gasteiger charge is -2.29. The molecular weight excluding hydrogens is 304 g/mol. The highest BCUT2D eigenvalue weighted by Crippen LogP contribution is 2.37. The Morgan fingerprint density at radius 2 is 2.05 bits per heavy atom. The molecule has 0 fully saturated rings. The molecule has 1 atom stereocenters. The van der Waals surface area contributed by atoms with Crippen molar-refractivity contribution in [3.05, 3.63) is 47.0 Å². The second kappa shape index (κ2) is 5.10. The van der Waals surface area contributed by atoms with Gasteiger partial charge in [-0.15, -0.1) is 0 Å². The van der Waals surface area contributed by atoms with Gasteiger partial charge in [0, 0.05) is 11.1 Å². The van der Waals surface area contributed by atoms with Gasteiger partial charge < -0.3 is 10.1 Å². The predicted molar refractivity (Wildman–Crippen MR) is 76.5 cm³/mol. The Morgan fingerprint density at radius 1 is 1.40 bits per heavy atom. The molecule has 0 aliphatic carbocycles. The predicted octanol–water partition coefficient (Wildman–Crippen LogP) is 1.26. The van der Waals surface area contributed by atoms with Crippen LogP contribution in [-0.2, 0) is 10.1 Å². The molecule has 4 N–H and O–H groups in total. The van der Waals surface area contributed by atoms with Gasteiger partial charge in [0.05, 0.1) is 7.11 Å². The van der Waals surface area contributed by atoms with E-state index in [1.54, 1.807) is 24.3 Å². The van der Waals surface area contributed by atoms with Crippen LogP contribution in [0.1, 0.15) is 5.56 Å². The van der Waals surface area contributed by atoms with Crippen LogP contribution in [0.3, 0.4) is 0 Å². The van der Waals surface area contributed by atoms with Crippen LogP contribution in [0.4, 0.5) is 0 Å². The summed E-state index contributed by atoms with van der Waals surface area (Å²) in [6.07, 6.45) is 2.86. The summed E-state index contributed by atoms with van der Waals surface area (Å²) < 4.78 is 37.8. The van der Waals surface area contributed by atoms with E-state index in [4.69, 9.17) is 22.1 Å². The third-order valence-corrected chi connectivity index (χ3v) is 4.24. The lowest BCUT2D eigenvalue weighted by molar-refractivity contribution is 0.413. The van der Waals surface area contributed by atoms with Crippen molar-refractivity contribution in [1.82, 2.24) is 5.32 Å². The first kappa shape index (κ1) is 14.9. The molecule has 1 heterocycles. The van der Waals surface area contributed by atoms with Gasteiger partial charge in [0.1, 0.15) is 10.7 Å². The van der Waals surface area contributed by atoms with Crippen LogP contribution in [-0.4, -0.2) is 25.2 Å². The normalized spacial score (nSPS) is 22.6. The quantitative estimate of drug-likeness (QED) is 0.441. The molecule has 1 aromatic rings. The van der Waals surface area contributed by atoms with E-state index in [0.717, 1.165) is 0 Å². The van der Waals surface area contributed by atoms with Gasteiger partial charge >= 0.3 is 0 Å². The van der Waals surface area contributed by atoms with Crippen molar-refractivity contribution in [3.63, 3.8) is 0 Å². The van der Waals surface area contributed by atoms with Crippen LogP contribution >= 0.6 is 11.6 Å². The van der Waals surface area contributed by atoms with Gasteiger partial charge in [-0.05, 0) is 18.3 Å². The fourth-order valence-electron chi connectivity index (χ4n) is 1.99. The molecule has 1 aliphatic heterocycles. The molecule has 108 valence electrons. The van der Waals surface area contributed by atoms with E-state index < -0.39 is 20.1 Å². The standard InChI is InChI=1S/C12H13ClN2O4S/c1-19-10-5-3-2-4-8(10)9-6-7-15-12(13,14)11(9)20(16,17)18/h2-7,15H,14H2,1H3,(H,16,17,18). The Morgan fingerprint density at radius 3 is 2.65 bits per heavy atom. The topological polar surface area (TPSA) is 102 Å². The Kier molecular flexibility index (Phi) is 3.79. The van der Waals surface area contributed by atoms with Crippen molar-refractivity contribution in [2.24, 2.45) is 5.73 Å². The average Bonchev–Trinajstić information content (AvgIpc) is 2.35. The number of ether oxygens (including phenoxy) is 1. The number of halogens is 1. The molecule has 0 radical (unpaired) electrons. The summed E-state index contributed by atoms with van der Waals surface area (Å²) >= 11 is 5.94. The van der Waals surface area contributed by atoms with Crippen LogP contribution in [0, 0.1) is 0 Å². The number of rotatable bonds is 3. The Hall–Kier alpha value is -1.54. The van der Waals surface area contributed by atoms with Crippen molar-refractivity contribution in [2.75, 3.05) is 7.11 Å². The summed E-state index contributed by atoms with van der Waals surface area (Å²) in [4.78, 5) is -0.529. The van der Waals surface area contributed by atoms with Crippen molar-refractivity contribution in [3.8, 4) is 5.75 Å². The van der Waals surface area contributed by atoms with Crippen molar-refractivity contribution in [1.29, 1.82) is 0 Å². The number of nitrogens with two attached hydrogens (primary N) is 1. The molecule has 0 saturated carbocycles. The second-order valence-electron chi connectivity index (χ2n) is 4.11. The summed E-state index contributed by atoms with van der Waals surface area (Å²) in [5.74, 6) is 0.433. The summed E-state index contributed by atoms with van der Waals surface area (Å²) in [6.45, 7) is 0. The number of benzene rings is 1. The summed E-state index contributed by atoms with van der Waals surface area (Å²) in [5, 5.41) is 0.545. The molecule has 0 amide bonds. The van der Waals surface area contributed by atoms with Gasteiger partial charge in [0.15, 0.2) is 0 Å². The molecule has 6 nitrogen and oxygen atoms in total. The third kappa shape index (κ3) is 2.66. The van der Waals surface area contributed by atoms with Crippen LogP contribution in [0.15, 0.2) is 41.4 Å². The van der Waals surface area contributed by atoms with Crippen molar-refractivity contribution < 1.29 is 17.7 Å². The maximum atomic E-state index is 11.6. The highest BCUT2D eigenvalue weighted by Gasteiger charge is 2.39. The average molecular weight is 317 g/mol. The minimum Gasteiger partial charge on any atom is -0.496 e. The zero-order chi connectivity index (χ0) is 15.0. The van der Waals surface area contributed by atoms with Crippen LogP contribution in [0.2, 0.25) is 0 Å². The van der Waals surface area contributed by atoms with Gasteiger partial charge in [-0.3, -0.25) is 10.3 Å². The molecule has 1 aliphatic rings. The fourth-order valence-corrected chi connectivity index (χ4v) is 3.34. The largest absolute Gasteiger partial charge is 0.496 e. The summed E-state index contributed by atoms with van der Waals surface area (Å²) in [5.41, 5.74) is 6.31. The SMILES string of the molecule is COc1ccccc1C1=C(S(=O)(=O)O)C(N)(Cl)NC=C1. The molecule has 8 heteroatoms. The molecule has 0 bridgehead atoms. The number of alkyl halides is 1. The number of nitrogens with one attached hydrogen (secondary N) is 1. The third-order valence-electron chi connectivity index (χ3n) is 2.77. The highest BCUT2D eigenvalue weighted by atomic mass is 35.5. The maximum Gasteiger partial charge on any atom is 0.296 e. The van der Waals surface area contributed by atoms with Gasteiger partial charge in [0.2, 0.25) is 5.12 Å². The number of para-hydroxylation sites is 1. The molecule has 0 aromatic heterocycles. The van der Waals surface area contributed by atoms with E-state index in [9.17, 15) is 13.0 Å². The molecule has 1 unspecified atom stereocenters.